The van der Waals surface area contributed by atoms with Crippen LogP contribution in [0.25, 0.3) is 0 Å². The van der Waals surface area contributed by atoms with E-state index in [4.69, 9.17) is 4.74 Å². The normalized spacial score (nSPS) is 16.3. The number of hydrogen-bond acceptors (Lipinski definition) is 4. The van der Waals surface area contributed by atoms with Crippen LogP contribution in [0.3, 0.4) is 0 Å². The zero-order valence-electron chi connectivity index (χ0n) is 14.9. The number of nitrogens with zero attached hydrogens (tertiary/aromatic N) is 1. The van der Waals surface area contributed by atoms with Crippen LogP contribution in [0.2, 0.25) is 0 Å². The smallest absolute Gasteiger partial charge is 0.331 e. The zero-order chi connectivity index (χ0) is 17.6. The number of anilines is 1. The van der Waals surface area contributed by atoms with Crippen LogP contribution in [0.1, 0.15) is 56.3 Å². The van der Waals surface area contributed by atoms with Gasteiger partial charge in [-0.1, -0.05) is 19.3 Å². The molecule has 2 rings (SSSR count). The van der Waals surface area contributed by atoms with Gasteiger partial charge in [-0.25, -0.2) is 4.79 Å². The van der Waals surface area contributed by atoms with Gasteiger partial charge >= 0.3 is 5.97 Å². The predicted molar refractivity (Wildman–Crippen MR) is 95.3 cm³/mol. The zero-order valence-corrected chi connectivity index (χ0v) is 14.9. The average molecular weight is 332 g/mol. The van der Waals surface area contributed by atoms with E-state index in [-0.39, 0.29) is 11.9 Å². The molecular weight excluding hydrogens is 304 g/mol. The fourth-order valence-electron chi connectivity index (χ4n) is 3.43. The van der Waals surface area contributed by atoms with Crippen molar-refractivity contribution in [1.82, 2.24) is 5.32 Å². The Kier molecular flexibility index (Phi) is 6.23. The van der Waals surface area contributed by atoms with Crippen molar-refractivity contribution < 1.29 is 14.3 Å². The number of carbonyl (C=O) groups is 2. The van der Waals surface area contributed by atoms with Gasteiger partial charge in [0.15, 0.2) is 0 Å². The SMILES string of the molecule is CCN(CC)c1ccc(C(=O)NC2(C(=O)OC)CCCCC2)cc1. The highest BCUT2D eigenvalue weighted by Crippen LogP contribution is 2.30. The Morgan fingerprint density at radius 1 is 1.08 bits per heavy atom. The number of rotatable bonds is 6. The highest BCUT2D eigenvalue weighted by atomic mass is 16.5. The lowest BCUT2D eigenvalue weighted by atomic mass is 9.81. The molecule has 1 aliphatic carbocycles. The molecule has 0 aromatic heterocycles. The first-order chi connectivity index (χ1) is 11.6. The first-order valence-electron chi connectivity index (χ1n) is 8.82. The molecule has 0 aliphatic heterocycles. The summed E-state index contributed by atoms with van der Waals surface area (Å²) in [6, 6.07) is 7.54. The summed E-state index contributed by atoms with van der Waals surface area (Å²) in [5.41, 5.74) is 0.790. The summed E-state index contributed by atoms with van der Waals surface area (Å²) in [4.78, 5) is 27.1. The molecule has 0 spiro atoms. The van der Waals surface area contributed by atoms with Gasteiger partial charge in [-0.3, -0.25) is 4.79 Å². The van der Waals surface area contributed by atoms with Gasteiger partial charge in [0.1, 0.15) is 5.54 Å². The van der Waals surface area contributed by atoms with E-state index >= 15 is 0 Å². The van der Waals surface area contributed by atoms with E-state index < -0.39 is 5.54 Å². The van der Waals surface area contributed by atoms with E-state index in [1.165, 1.54) is 7.11 Å². The molecule has 1 fully saturated rings. The van der Waals surface area contributed by atoms with Crippen molar-refractivity contribution in [2.24, 2.45) is 0 Å². The number of carbonyl (C=O) groups excluding carboxylic acids is 2. The molecule has 1 aliphatic rings. The highest BCUT2D eigenvalue weighted by molar-refractivity contribution is 5.98. The topological polar surface area (TPSA) is 58.6 Å². The van der Waals surface area contributed by atoms with E-state index in [1.807, 2.05) is 24.3 Å². The maximum absolute atomic E-state index is 12.6. The van der Waals surface area contributed by atoms with E-state index in [9.17, 15) is 9.59 Å². The summed E-state index contributed by atoms with van der Waals surface area (Å²) in [5, 5.41) is 2.95. The van der Waals surface area contributed by atoms with E-state index in [2.05, 4.69) is 24.1 Å². The molecule has 0 unspecified atom stereocenters. The number of amides is 1. The number of esters is 1. The largest absolute Gasteiger partial charge is 0.467 e. The van der Waals surface area contributed by atoms with E-state index in [0.29, 0.717) is 18.4 Å². The van der Waals surface area contributed by atoms with Gasteiger partial charge in [0.2, 0.25) is 0 Å². The van der Waals surface area contributed by atoms with Crippen molar-refractivity contribution in [3.8, 4) is 0 Å². The number of methoxy groups -OCH3 is 1. The Labute approximate surface area is 144 Å². The minimum absolute atomic E-state index is 0.214. The second kappa shape index (κ2) is 8.18. The standard InChI is InChI=1S/C19H28N2O3/c1-4-21(5-2)16-11-9-15(10-12-16)17(22)20-19(18(23)24-3)13-7-6-8-14-19/h9-12H,4-8,13-14H2,1-3H3,(H,20,22). The molecule has 132 valence electrons. The number of benzene rings is 1. The molecule has 1 N–H and O–H groups in total. The molecule has 1 aromatic rings. The van der Waals surface area contributed by atoms with Crippen LogP contribution in [0, 0.1) is 0 Å². The van der Waals surface area contributed by atoms with Crippen molar-refractivity contribution in [3.05, 3.63) is 29.8 Å². The lowest BCUT2D eigenvalue weighted by Crippen LogP contribution is -2.56. The molecule has 0 saturated heterocycles. The molecular formula is C19H28N2O3. The third-order valence-electron chi connectivity index (χ3n) is 4.89. The maximum atomic E-state index is 12.6. The van der Waals surface area contributed by atoms with Crippen LogP contribution in [-0.2, 0) is 9.53 Å². The average Bonchev–Trinajstić information content (AvgIpc) is 2.63. The second-order valence-corrected chi connectivity index (χ2v) is 6.31. The summed E-state index contributed by atoms with van der Waals surface area (Å²) in [6.45, 7) is 6.06. The summed E-state index contributed by atoms with van der Waals surface area (Å²) in [5.74, 6) is -0.552. The third kappa shape index (κ3) is 3.89. The molecule has 1 saturated carbocycles. The molecule has 0 atom stereocenters. The van der Waals surface area contributed by atoms with Crippen molar-refractivity contribution in [2.75, 3.05) is 25.1 Å². The van der Waals surface area contributed by atoms with E-state index in [0.717, 1.165) is 38.0 Å². The Morgan fingerprint density at radius 3 is 2.17 bits per heavy atom. The van der Waals surface area contributed by atoms with Crippen LogP contribution < -0.4 is 10.2 Å². The van der Waals surface area contributed by atoms with Gasteiger partial charge in [0.05, 0.1) is 7.11 Å². The molecule has 5 nitrogen and oxygen atoms in total. The van der Waals surface area contributed by atoms with Gasteiger partial charge < -0.3 is 15.0 Å². The predicted octanol–water partition coefficient (Wildman–Crippen LogP) is 3.14. The molecule has 1 aromatic carbocycles. The van der Waals surface area contributed by atoms with E-state index in [1.54, 1.807) is 0 Å². The van der Waals surface area contributed by atoms with Gasteiger partial charge in [-0.2, -0.15) is 0 Å². The summed E-state index contributed by atoms with van der Waals surface area (Å²) in [7, 11) is 1.38. The number of nitrogens with one attached hydrogen (secondary N) is 1. The van der Waals surface area contributed by atoms with Crippen LogP contribution >= 0.6 is 0 Å². The van der Waals surface area contributed by atoms with Gasteiger partial charge in [0, 0.05) is 24.3 Å². The maximum Gasteiger partial charge on any atom is 0.331 e. The number of ether oxygens (including phenoxy) is 1. The van der Waals surface area contributed by atoms with Gasteiger partial charge in [-0.05, 0) is 51.0 Å². The van der Waals surface area contributed by atoms with Crippen molar-refractivity contribution in [2.45, 2.75) is 51.5 Å². The summed E-state index contributed by atoms with van der Waals surface area (Å²) < 4.78 is 4.95. The molecule has 1 amide bonds. The summed E-state index contributed by atoms with van der Waals surface area (Å²) >= 11 is 0. The summed E-state index contributed by atoms with van der Waals surface area (Å²) in [6.07, 6.45) is 4.23. The minimum atomic E-state index is -0.873. The Hall–Kier alpha value is -2.04. The van der Waals surface area contributed by atoms with Crippen LogP contribution in [-0.4, -0.2) is 37.6 Å². The fourth-order valence-corrected chi connectivity index (χ4v) is 3.43. The minimum Gasteiger partial charge on any atom is -0.467 e. The Bertz CT molecular complexity index is 558. The molecule has 0 heterocycles. The highest BCUT2D eigenvalue weighted by Gasteiger charge is 2.42. The third-order valence-corrected chi connectivity index (χ3v) is 4.89. The second-order valence-electron chi connectivity index (χ2n) is 6.31. The monoisotopic (exact) mass is 332 g/mol. The molecule has 24 heavy (non-hydrogen) atoms. The van der Waals surface area contributed by atoms with Gasteiger partial charge in [-0.15, -0.1) is 0 Å². The Morgan fingerprint density at radius 2 is 1.67 bits per heavy atom. The lowest BCUT2D eigenvalue weighted by molar-refractivity contribution is -0.149. The Balaban J connectivity index is 2.14. The fraction of sp³-hybridized carbons (Fsp3) is 0.579. The van der Waals surface area contributed by atoms with Crippen LogP contribution in [0.5, 0.6) is 0 Å². The van der Waals surface area contributed by atoms with Crippen molar-refractivity contribution in [3.63, 3.8) is 0 Å². The molecule has 0 bridgehead atoms. The van der Waals surface area contributed by atoms with Crippen LogP contribution in [0.4, 0.5) is 5.69 Å². The lowest BCUT2D eigenvalue weighted by Gasteiger charge is -2.35. The molecule has 5 heteroatoms. The molecule has 0 radical (unpaired) electrons. The quantitative estimate of drug-likeness (QED) is 0.813. The van der Waals surface area contributed by atoms with Gasteiger partial charge in [0.25, 0.3) is 5.91 Å². The van der Waals surface area contributed by atoms with Crippen molar-refractivity contribution >= 4 is 17.6 Å². The van der Waals surface area contributed by atoms with Crippen molar-refractivity contribution in [1.29, 1.82) is 0 Å². The first kappa shape index (κ1) is 18.3. The first-order valence-corrected chi connectivity index (χ1v) is 8.82. The number of hydrogen-bond donors (Lipinski definition) is 1. The van der Waals surface area contributed by atoms with Crippen LogP contribution in [0.15, 0.2) is 24.3 Å².